The third-order valence-electron chi connectivity index (χ3n) is 5.48. The Morgan fingerprint density at radius 1 is 1.07 bits per heavy atom. The maximum Gasteiger partial charge on any atom is 0.242 e. The topological polar surface area (TPSA) is 56.8 Å². The summed E-state index contributed by atoms with van der Waals surface area (Å²) in [5.74, 6) is 0.642. The smallest absolute Gasteiger partial charge is 0.242 e. The average Bonchev–Trinajstić information content (AvgIpc) is 2.74. The van der Waals surface area contributed by atoms with Crippen molar-refractivity contribution in [2.45, 2.75) is 27.7 Å². The number of piperazine rings is 1. The monoisotopic (exact) mass is 394 g/mol. The Labute approximate surface area is 173 Å². The zero-order valence-corrected chi connectivity index (χ0v) is 17.8. The number of carbonyl (C=O) groups excluding carboxylic acids is 2. The van der Waals surface area contributed by atoms with Gasteiger partial charge in [-0.05, 0) is 57.5 Å². The number of nitrogens with zero attached hydrogens (tertiary/aromatic N) is 4. The van der Waals surface area contributed by atoms with E-state index in [2.05, 4.69) is 9.88 Å². The van der Waals surface area contributed by atoms with Crippen LogP contribution in [-0.4, -0.2) is 54.4 Å². The Morgan fingerprint density at radius 3 is 2.38 bits per heavy atom. The lowest BCUT2D eigenvalue weighted by Crippen LogP contribution is -2.56. The van der Waals surface area contributed by atoms with Crippen LogP contribution in [0.1, 0.15) is 26.3 Å². The average molecular weight is 395 g/mol. The molecule has 2 heterocycles. The predicted octanol–water partition coefficient (Wildman–Crippen LogP) is 3.12. The van der Waals surface area contributed by atoms with Crippen LogP contribution in [0.3, 0.4) is 0 Å². The van der Waals surface area contributed by atoms with E-state index in [1.54, 1.807) is 29.8 Å². The molecule has 0 unspecified atom stereocenters. The lowest BCUT2D eigenvalue weighted by Gasteiger charge is -2.39. The van der Waals surface area contributed by atoms with Crippen molar-refractivity contribution < 1.29 is 9.59 Å². The first-order valence-corrected chi connectivity index (χ1v) is 10.2. The van der Waals surface area contributed by atoms with Crippen LogP contribution >= 0.6 is 0 Å². The molecule has 2 amide bonds. The molecule has 6 heteroatoms. The molecule has 1 aliphatic heterocycles. The number of hydrogen-bond donors (Lipinski definition) is 0. The van der Waals surface area contributed by atoms with Gasteiger partial charge in [0, 0.05) is 44.6 Å². The molecule has 29 heavy (non-hydrogen) atoms. The molecule has 0 saturated carbocycles. The fraction of sp³-hybridized carbons (Fsp3) is 0.435. The second kappa shape index (κ2) is 8.64. The SMILES string of the molecule is CCN(C(=O)C(C)(C)C(=O)N1CCN(c2ccccn2)CC1)c1cccc(C)c1. The summed E-state index contributed by atoms with van der Waals surface area (Å²) in [6, 6.07) is 13.7. The van der Waals surface area contributed by atoms with Crippen molar-refractivity contribution in [2.24, 2.45) is 5.41 Å². The van der Waals surface area contributed by atoms with Crippen molar-refractivity contribution in [3.63, 3.8) is 0 Å². The van der Waals surface area contributed by atoms with Crippen LogP contribution in [0.25, 0.3) is 0 Å². The Morgan fingerprint density at radius 2 is 1.79 bits per heavy atom. The fourth-order valence-electron chi connectivity index (χ4n) is 3.74. The summed E-state index contributed by atoms with van der Waals surface area (Å²) in [7, 11) is 0. The van der Waals surface area contributed by atoms with Crippen molar-refractivity contribution in [3.05, 3.63) is 54.2 Å². The minimum absolute atomic E-state index is 0.116. The number of pyridine rings is 1. The van der Waals surface area contributed by atoms with Crippen LogP contribution in [0.4, 0.5) is 11.5 Å². The molecular formula is C23H30N4O2. The summed E-state index contributed by atoms with van der Waals surface area (Å²) in [4.78, 5) is 36.7. The molecule has 1 fully saturated rings. The van der Waals surface area contributed by atoms with E-state index in [4.69, 9.17) is 0 Å². The van der Waals surface area contributed by atoms with Crippen LogP contribution in [0.15, 0.2) is 48.7 Å². The van der Waals surface area contributed by atoms with E-state index >= 15 is 0 Å². The number of aryl methyl sites for hydroxylation is 1. The number of carbonyl (C=O) groups is 2. The van der Waals surface area contributed by atoms with Gasteiger partial charge in [-0.25, -0.2) is 4.98 Å². The van der Waals surface area contributed by atoms with Crippen molar-refractivity contribution in [1.29, 1.82) is 0 Å². The zero-order chi connectivity index (χ0) is 21.0. The molecule has 1 saturated heterocycles. The molecule has 0 aliphatic carbocycles. The van der Waals surface area contributed by atoms with E-state index in [0.717, 1.165) is 17.1 Å². The van der Waals surface area contributed by atoms with Gasteiger partial charge >= 0.3 is 0 Å². The molecule has 1 aliphatic rings. The number of rotatable bonds is 5. The minimum atomic E-state index is -1.12. The highest BCUT2D eigenvalue weighted by atomic mass is 16.2. The Hall–Kier alpha value is -2.89. The minimum Gasteiger partial charge on any atom is -0.353 e. The van der Waals surface area contributed by atoms with Gasteiger partial charge in [0.2, 0.25) is 11.8 Å². The molecule has 0 radical (unpaired) electrons. The number of amides is 2. The number of benzene rings is 1. The number of aromatic nitrogens is 1. The van der Waals surface area contributed by atoms with Crippen LogP contribution in [0.2, 0.25) is 0 Å². The first-order valence-electron chi connectivity index (χ1n) is 10.2. The largest absolute Gasteiger partial charge is 0.353 e. The molecule has 2 aromatic rings. The standard InChI is InChI=1S/C23H30N4O2/c1-5-27(19-10-8-9-18(2)17-19)22(29)23(3,4)21(28)26-15-13-25(14-16-26)20-11-6-7-12-24-20/h6-12,17H,5,13-16H2,1-4H3. The first kappa shape index (κ1) is 20.8. The normalized spacial score (nSPS) is 14.6. The molecule has 6 nitrogen and oxygen atoms in total. The Bertz CT molecular complexity index is 858. The van der Waals surface area contributed by atoms with Crippen molar-refractivity contribution in [3.8, 4) is 0 Å². The highest BCUT2D eigenvalue weighted by molar-refractivity contribution is 6.11. The molecule has 0 bridgehead atoms. The maximum absolute atomic E-state index is 13.3. The van der Waals surface area contributed by atoms with Gasteiger partial charge in [0.05, 0.1) is 0 Å². The van der Waals surface area contributed by atoms with Crippen molar-refractivity contribution in [2.75, 3.05) is 42.5 Å². The van der Waals surface area contributed by atoms with E-state index in [1.807, 2.05) is 56.3 Å². The van der Waals surface area contributed by atoms with Gasteiger partial charge in [-0.1, -0.05) is 18.2 Å². The summed E-state index contributed by atoms with van der Waals surface area (Å²) in [6.45, 7) is 10.5. The number of hydrogen-bond acceptors (Lipinski definition) is 4. The summed E-state index contributed by atoms with van der Waals surface area (Å²) in [5.41, 5.74) is 0.800. The quantitative estimate of drug-likeness (QED) is 0.731. The Balaban J connectivity index is 1.70. The summed E-state index contributed by atoms with van der Waals surface area (Å²) in [6.07, 6.45) is 1.78. The summed E-state index contributed by atoms with van der Waals surface area (Å²) >= 11 is 0. The molecule has 0 spiro atoms. The Kier molecular flexibility index (Phi) is 6.20. The fourth-order valence-corrected chi connectivity index (χ4v) is 3.74. The molecule has 3 rings (SSSR count). The number of anilines is 2. The lowest BCUT2D eigenvalue weighted by atomic mass is 9.88. The molecule has 1 aromatic carbocycles. The third kappa shape index (κ3) is 4.42. The molecule has 0 atom stereocenters. The maximum atomic E-state index is 13.3. The zero-order valence-electron chi connectivity index (χ0n) is 17.8. The van der Waals surface area contributed by atoms with Crippen LogP contribution < -0.4 is 9.80 Å². The summed E-state index contributed by atoms with van der Waals surface area (Å²) < 4.78 is 0. The lowest BCUT2D eigenvalue weighted by molar-refractivity contribution is -0.147. The van der Waals surface area contributed by atoms with E-state index in [1.165, 1.54) is 0 Å². The van der Waals surface area contributed by atoms with E-state index in [-0.39, 0.29) is 11.8 Å². The first-order chi connectivity index (χ1) is 13.8. The van der Waals surface area contributed by atoms with Crippen molar-refractivity contribution >= 4 is 23.3 Å². The molecule has 1 aromatic heterocycles. The molecule has 0 N–H and O–H groups in total. The van der Waals surface area contributed by atoms with Gasteiger partial charge in [-0.15, -0.1) is 0 Å². The highest BCUT2D eigenvalue weighted by Crippen LogP contribution is 2.27. The van der Waals surface area contributed by atoms with Gasteiger partial charge in [0.15, 0.2) is 0 Å². The van der Waals surface area contributed by atoms with Gasteiger partial charge in [-0.3, -0.25) is 9.59 Å². The highest BCUT2D eigenvalue weighted by Gasteiger charge is 2.42. The van der Waals surface area contributed by atoms with Gasteiger partial charge in [0.25, 0.3) is 0 Å². The second-order valence-corrected chi connectivity index (χ2v) is 7.98. The van der Waals surface area contributed by atoms with Crippen LogP contribution in [-0.2, 0) is 9.59 Å². The van der Waals surface area contributed by atoms with Crippen molar-refractivity contribution in [1.82, 2.24) is 9.88 Å². The van der Waals surface area contributed by atoms with Gasteiger partial charge in [-0.2, -0.15) is 0 Å². The predicted molar refractivity (Wildman–Crippen MR) is 116 cm³/mol. The summed E-state index contributed by atoms with van der Waals surface area (Å²) in [5, 5.41) is 0. The van der Waals surface area contributed by atoms with Crippen LogP contribution in [0.5, 0.6) is 0 Å². The second-order valence-electron chi connectivity index (χ2n) is 7.98. The van der Waals surface area contributed by atoms with Crippen LogP contribution in [0, 0.1) is 12.3 Å². The molecule has 154 valence electrons. The van der Waals surface area contributed by atoms with E-state index < -0.39 is 5.41 Å². The van der Waals surface area contributed by atoms with E-state index in [9.17, 15) is 9.59 Å². The van der Waals surface area contributed by atoms with Gasteiger partial charge < -0.3 is 14.7 Å². The molecular weight excluding hydrogens is 364 g/mol. The van der Waals surface area contributed by atoms with Gasteiger partial charge in [0.1, 0.15) is 11.2 Å². The van der Waals surface area contributed by atoms with E-state index in [0.29, 0.717) is 32.7 Å². The third-order valence-corrected chi connectivity index (χ3v) is 5.48.